The lowest BCUT2D eigenvalue weighted by Crippen LogP contribution is -2.44. The predicted octanol–water partition coefficient (Wildman–Crippen LogP) is 1.42. The number of fused-ring (bicyclic) bond motifs is 1. The Labute approximate surface area is 294 Å². The van der Waals surface area contributed by atoms with Crippen molar-refractivity contribution < 1.29 is 62.0 Å². The summed E-state index contributed by atoms with van der Waals surface area (Å²) in [7, 11) is 0. The SMILES string of the molecule is CC(=O)O[C@@H](C)C(=O)O[C@@H](C)C(=O)O[C@@H](C)C(=O)O[C@@H](C)C(=O)O[C@@H](C)C(=O)O[C@@H](C)C(=O)N1CCN/C1=N/c1ccc2nccnc2c1Br. The Hall–Kier alpha value is -5.20. The predicted molar refractivity (Wildman–Crippen MR) is 173 cm³/mol. The lowest BCUT2D eigenvalue weighted by Gasteiger charge is -2.22. The quantitative estimate of drug-likeness (QED) is 0.225. The van der Waals surface area contributed by atoms with Gasteiger partial charge < -0.3 is 33.7 Å². The highest BCUT2D eigenvalue weighted by molar-refractivity contribution is 9.10. The molecule has 1 aromatic carbocycles. The van der Waals surface area contributed by atoms with Crippen LogP contribution in [-0.4, -0.2) is 112 Å². The molecular formula is C31H36BrN5O13. The number of aliphatic imine (C=N–C) groups is 1. The summed E-state index contributed by atoms with van der Waals surface area (Å²) in [5.74, 6) is -6.57. The van der Waals surface area contributed by atoms with Crippen molar-refractivity contribution in [2.24, 2.45) is 4.99 Å². The van der Waals surface area contributed by atoms with Gasteiger partial charge >= 0.3 is 35.8 Å². The fourth-order valence-corrected chi connectivity index (χ4v) is 4.62. The Kier molecular flexibility index (Phi) is 13.7. The molecule has 0 saturated carbocycles. The van der Waals surface area contributed by atoms with E-state index in [0.717, 1.165) is 20.8 Å². The molecule has 1 amide bonds. The maximum atomic E-state index is 13.2. The highest BCUT2D eigenvalue weighted by Crippen LogP contribution is 2.31. The molecule has 0 spiro atoms. The van der Waals surface area contributed by atoms with Gasteiger partial charge in [-0.2, -0.15) is 0 Å². The average Bonchev–Trinajstić information content (AvgIpc) is 3.53. The van der Waals surface area contributed by atoms with Crippen molar-refractivity contribution in [3.05, 3.63) is 29.0 Å². The third-order valence-corrected chi connectivity index (χ3v) is 7.52. The summed E-state index contributed by atoms with van der Waals surface area (Å²) in [6.45, 7) is 8.98. The molecule has 6 atom stereocenters. The standard InChI is InChI=1S/C31H36BrN5O13/c1-14(25(39)37-13-12-35-31(37)36-21-8-9-22-24(23(21)32)34-11-10-33-22)46-27(41)16(3)48-29(43)18(5)50-30(44)19(6)49-28(42)17(4)47-26(40)15(2)45-20(7)38/h8-11,14-19H,12-13H2,1-7H3,(H,35,36)/t14-,15-,16-,17-,18-,19-/m0/s1. The van der Waals surface area contributed by atoms with E-state index in [0.29, 0.717) is 27.7 Å². The number of nitrogens with one attached hydrogen (secondary N) is 1. The van der Waals surface area contributed by atoms with E-state index < -0.39 is 78.3 Å². The van der Waals surface area contributed by atoms with Crippen molar-refractivity contribution in [3.8, 4) is 0 Å². The van der Waals surface area contributed by atoms with Crippen molar-refractivity contribution in [1.29, 1.82) is 0 Å². The van der Waals surface area contributed by atoms with Crippen molar-refractivity contribution in [1.82, 2.24) is 20.2 Å². The lowest BCUT2D eigenvalue weighted by atomic mass is 10.2. The number of benzene rings is 1. The van der Waals surface area contributed by atoms with Crippen molar-refractivity contribution in [2.45, 2.75) is 85.1 Å². The first-order valence-electron chi connectivity index (χ1n) is 15.2. The molecule has 3 rings (SSSR count). The maximum absolute atomic E-state index is 13.2. The van der Waals surface area contributed by atoms with Gasteiger partial charge in [0.2, 0.25) is 5.96 Å². The number of amides is 1. The molecule has 0 radical (unpaired) electrons. The molecule has 1 aromatic heterocycles. The van der Waals surface area contributed by atoms with E-state index in [9.17, 15) is 33.6 Å². The zero-order valence-electron chi connectivity index (χ0n) is 28.2. The number of ether oxygens (including phenoxy) is 6. The number of rotatable bonds is 13. The minimum absolute atomic E-state index is 0.223. The van der Waals surface area contributed by atoms with Gasteiger partial charge in [0.25, 0.3) is 5.91 Å². The number of carbonyl (C=O) groups is 7. The molecule has 1 fully saturated rings. The van der Waals surface area contributed by atoms with Crippen LogP contribution in [0.25, 0.3) is 11.0 Å². The molecule has 1 aliphatic rings. The van der Waals surface area contributed by atoms with Crippen LogP contribution >= 0.6 is 15.9 Å². The molecule has 1 N–H and O–H groups in total. The van der Waals surface area contributed by atoms with Crippen LogP contribution in [0.4, 0.5) is 5.69 Å². The van der Waals surface area contributed by atoms with Crippen molar-refractivity contribution >= 4 is 80.3 Å². The van der Waals surface area contributed by atoms with Crippen molar-refractivity contribution in [2.75, 3.05) is 13.1 Å². The minimum atomic E-state index is -1.55. The summed E-state index contributed by atoms with van der Waals surface area (Å²) >= 11 is 3.48. The topological polar surface area (TPSA) is 228 Å². The first kappa shape index (κ1) is 39.2. The van der Waals surface area contributed by atoms with Crippen LogP contribution in [0.3, 0.4) is 0 Å². The number of halogens is 1. The zero-order valence-corrected chi connectivity index (χ0v) is 29.7. The fourth-order valence-electron chi connectivity index (χ4n) is 4.10. The second kappa shape index (κ2) is 17.5. The summed E-state index contributed by atoms with van der Waals surface area (Å²) in [6, 6.07) is 3.44. The number of nitrogens with zero attached hydrogens (tertiary/aromatic N) is 4. The van der Waals surface area contributed by atoms with E-state index in [4.69, 9.17) is 23.7 Å². The normalized spacial score (nSPS) is 16.9. The summed E-state index contributed by atoms with van der Waals surface area (Å²) in [6.07, 6.45) is -5.53. The molecule has 50 heavy (non-hydrogen) atoms. The van der Waals surface area contributed by atoms with Crippen LogP contribution in [0.5, 0.6) is 0 Å². The van der Waals surface area contributed by atoms with Crippen LogP contribution in [0.15, 0.2) is 34.0 Å². The number of hydrogen-bond acceptors (Lipinski definition) is 16. The van der Waals surface area contributed by atoms with Gasteiger partial charge in [0.05, 0.1) is 15.7 Å². The lowest BCUT2D eigenvalue weighted by molar-refractivity contribution is -0.187. The van der Waals surface area contributed by atoms with Gasteiger partial charge in [-0.3, -0.25) is 24.5 Å². The molecule has 0 bridgehead atoms. The van der Waals surface area contributed by atoms with Gasteiger partial charge in [-0.05, 0) is 69.6 Å². The Bertz CT molecular complexity index is 1690. The molecular weight excluding hydrogens is 730 g/mol. The Balaban J connectivity index is 1.49. The van der Waals surface area contributed by atoms with Crippen LogP contribution in [-0.2, 0) is 62.0 Å². The third-order valence-electron chi connectivity index (χ3n) is 6.74. The molecule has 2 heterocycles. The van der Waals surface area contributed by atoms with E-state index in [1.807, 2.05) is 0 Å². The maximum Gasteiger partial charge on any atom is 0.347 e. The van der Waals surface area contributed by atoms with Crippen LogP contribution in [0.1, 0.15) is 48.5 Å². The van der Waals surface area contributed by atoms with E-state index >= 15 is 0 Å². The van der Waals surface area contributed by atoms with Crippen LogP contribution in [0, 0.1) is 0 Å². The molecule has 270 valence electrons. The molecule has 0 unspecified atom stereocenters. The van der Waals surface area contributed by atoms with E-state index in [-0.39, 0.29) is 12.5 Å². The summed E-state index contributed by atoms with van der Waals surface area (Å²) in [5, 5.41) is 3.02. The van der Waals surface area contributed by atoms with Crippen molar-refractivity contribution in [3.63, 3.8) is 0 Å². The molecule has 2 aromatic rings. The Morgan fingerprint density at radius 3 is 1.62 bits per heavy atom. The minimum Gasteiger partial charge on any atom is -0.451 e. The highest BCUT2D eigenvalue weighted by Gasteiger charge is 2.34. The molecule has 19 heteroatoms. The second-order valence-electron chi connectivity index (χ2n) is 10.8. The molecule has 0 aliphatic carbocycles. The Morgan fingerprint density at radius 2 is 1.14 bits per heavy atom. The zero-order chi connectivity index (χ0) is 37.3. The van der Waals surface area contributed by atoms with Gasteiger partial charge in [0.1, 0.15) is 5.52 Å². The average molecular weight is 767 g/mol. The van der Waals surface area contributed by atoms with Gasteiger partial charge in [0.15, 0.2) is 36.6 Å². The van der Waals surface area contributed by atoms with Gasteiger partial charge in [-0.25, -0.2) is 29.0 Å². The van der Waals surface area contributed by atoms with Gasteiger partial charge in [-0.1, -0.05) is 0 Å². The summed E-state index contributed by atoms with van der Waals surface area (Å²) in [5.41, 5.74) is 1.71. The Morgan fingerprint density at radius 1 is 0.700 bits per heavy atom. The first-order valence-corrected chi connectivity index (χ1v) is 16.0. The van der Waals surface area contributed by atoms with Gasteiger partial charge in [-0.15, -0.1) is 0 Å². The number of carbonyl (C=O) groups excluding carboxylic acids is 7. The summed E-state index contributed by atoms with van der Waals surface area (Å²) < 4.78 is 30.3. The largest absolute Gasteiger partial charge is 0.451 e. The summed E-state index contributed by atoms with van der Waals surface area (Å²) in [4.78, 5) is 100. The number of aromatic nitrogens is 2. The van der Waals surface area contributed by atoms with Crippen LogP contribution < -0.4 is 5.32 Å². The van der Waals surface area contributed by atoms with E-state index in [2.05, 4.69) is 40.9 Å². The second-order valence-corrected chi connectivity index (χ2v) is 11.6. The third kappa shape index (κ3) is 10.4. The van der Waals surface area contributed by atoms with Crippen LogP contribution in [0.2, 0.25) is 0 Å². The van der Waals surface area contributed by atoms with Gasteiger partial charge in [0, 0.05) is 32.4 Å². The fraction of sp³-hybridized carbons (Fsp3) is 0.484. The van der Waals surface area contributed by atoms with E-state index in [1.165, 1.54) is 32.6 Å². The highest BCUT2D eigenvalue weighted by atomic mass is 79.9. The molecule has 18 nitrogen and oxygen atoms in total. The van der Waals surface area contributed by atoms with E-state index in [1.54, 1.807) is 24.5 Å². The number of guanidine groups is 1. The molecule has 1 saturated heterocycles. The monoisotopic (exact) mass is 765 g/mol. The first-order chi connectivity index (χ1) is 23.5. The smallest absolute Gasteiger partial charge is 0.347 e. The molecule has 1 aliphatic heterocycles. The number of hydrogen-bond donors (Lipinski definition) is 1. The number of esters is 6.